The molecule has 14 heavy (non-hydrogen) atoms. The summed E-state index contributed by atoms with van der Waals surface area (Å²) in [4.78, 5) is 0. The summed E-state index contributed by atoms with van der Waals surface area (Å²) >= 11 is 3.22. The zero-order chi connectivity index (χ0) is 10.8. The predicted molar refractivity (Wildman–Crippen MR) is 59.0 cm³/mol. The molecule has 4 N–H and O–H groups in total. The minimum atomic E-state index is -0.565. The summed E-state index contributed by atoms with van der Waals surface area (Å²) in [6, 6.07) is 5.11. The Morgan fingerprint density at radius 2 is 2.14 bits per heavy atom. The highest BCUT2D eigenvalue weighted by Crippen LogP contribution is 2.29. The number of aromatic hydroxyl groups is 1. The molecule has 0 heterocycles. The molecule has 0 spiro atoms. The molecule has 1 atom stereocenters. The van der Waals surface area contributed by atoms with Crippen LogP contribution in [0.25, 0.3) is 0 Å². The number of aliphatic hydroxyl groups excluding tert-OH is 1. The van der Waals surface area contributed by atoms with Crippen LogP contribution >= 0.6 is 15.9 Å². The van der Waals surface area contributed by atoms with Crippen LogP contribution in [0.2, 0.25) is 0 Å². The van der Waals surface area contributed by atoms with Gasteiger partial charge >= 0.3 is 0 Å². The zero-order valence-corrected chi connectivity index (χ0v) is 9.58. The Morgan fingerprint density at radius 1 is 1.50 bits per heavy atom. The number of hydrogen-bond acceptors (Lipinski definition) is 3. The fourth-order valence-corrected chi connectivity index (χ4v) is 1.62. The Morgan fingerprint density at radius 3 is 2.64 bits per heavy atom. The largest absolute Gasteiger partial charge is 0.507 e. The maximum atomic E-state index is 9.30. The topological polar surface area (TPSA) is 66.5 Å². The summed E-state index contributed by atoms with van der Waals surface area (Å²) in [5.41, 5.74) is 6.33. The Hall–Kier alpha value is -0.580. The van der Waals surface area contributed by atoms with Gasteiger partial charge < -0.3 is 15.9 Å². The summed E-state index contributed by atoms with van der Waals surface area (Å²) in [5, 5.41) is 18.1. The quantitative estimate of drug-likeness (QED) is 0.775. The SMILES string of the molecule is C[C@@](N)(CCO)c1ccc(O)c(Br)c1. The highest BCUT2D eigenvalue weighted by Gasteiger charge is 2.20. The van der Waals surface area contributed by atoms with Crippen molar-refractivity contribution in [1.29, 1.82) is 0 Å². The van der Waals surface area contributed by atoms with E-state index in [1.54, 1.807) is 18.2 Å². The molecule has 0 fully saturated rings. The van der Waals surface area contributed by atoms with E-state index in [2.05, 4.69) is 15.9 Å². The molecule has 0 saturated heterocycles. The molecule has 0 radical (unpaired) electrons. The van der Waals surface area contributed by atoms with Gasteiger partial charge in [0.2, 0.25) is 0 Å². The van der Waals surface area contributed by atoms with Gasteiger partial charge in [0.25, 0.3) is 0 Å². The predicted octanol–water partition coefficient (Wildman–Crippen LogP) is 1.71. The Balaban J connectivity index is 3.01. The number of phenols is 1. The van der Waals surface area contributed by atoms with Crippen molar-refractivity contribution in [3.8, 4) is 5.75 Å². The van der Waals surface area contributed by atoms with E-state index in [9.17, 15) is 5.11 Å². The number of benzene rings is 1. The van der Waals surface area contributed by atoms with Crippen LogP contribution in [0, 0.1) is 0 Å². The van der Waals surface area contributed by atoms with Crippen LogP contribution in [0.5, 0.6) is 5.75 Å². The van der Waals surface area contributed by atoms with E-state index in [1.807, 2.05) is 6.92 Å². The van der Waals surface area contributed by atoms with E-state index in [4.69, 9.17) is 10.8 Å². The molecular weight excluding hydrogens is 246 g/mol. The summed E-state index contributed by atoms with van der Waals surface area (Å²) in [7, 11) is 0. The van der Waals surface area contributed by atoms with Gasteiger partial charge in [0.15, 0.2) is 0 Å². The number of aliphatic hydroxyl groups is 1. The minimum absolute atomic E-state index is 0.0471. The highest BCUT2D eigenvalue weighted by atomic mass is 79.9. The third kappa shape index (κ3) is 2.47. The zero-order valence-electron chi connectivity index (χ0n) is 8.00. The van der Waals surface area contributed by atoms with E-state index < -0.39 is 5.54 Å². The molecule has 0 aliphatic carbocycles. The number of phenolic OH excluding ortho intramolecular Hbond substituents is 1. The van der Waals surface area contributed by atoms with Crippen LogP contribution < -0.4 is 5.73 Å². The lowest BCUT2D eigenvalue weighted by Gasteiger charge is -2.24. The summed E-state index contributed by atoms with van der Waals surface area (Å²) < 4.78 is 0.615. The first kappa shape index (κ1) is 11.5. The van der Waals surface area contributed by atoms with E-state index in [1.165, 1.54) is 0 Å². The fourth-order valence-electron chi connectivity index (χ4n) is 1.24. The number of halogens is 1. The molecule has 1 aromatic rings. The molecule has 0 aliphatic rings. The van der Waals surface area contributed by atoms with Gasteiger partial charge in [-0.05, 0) is 47.0 Å². The number of nitrogens with two attached hydrogens (primary N) is 1. The first-order valence-electron chi connectivity index (χ1n) is 4.36. The second kappa shape index (κ2) is 4.29. The van der Waals surface area contributed by atoms with Crippen molar-refractivity contribution in [3.63, 3.8) is 0 Å². The standard InChI is InChI=1S/C10H14BrNO2/c1-10(12,4-5-13)7-2-3-9(14)8(11)6-7/h2-3,6,13-14H,4-5,12H2,1H3/t10-/m1/s1. The molecule has 1 rings (SSSR count). The molecular formula is C10H14BrNO2. The third-order valence-corrected chi connectivity index (χ3v) is 2.87. The highest BCUT2D eigenvalue weighted by molar-refractivity contribution is 9.10. The van der Waals surface area contributed by atoms with E-state index in [0.717, 1.165) is 5.56 Å². The summed E-state index contributed by atoms with van der Waals surface area (Å²) in [5.74, 6) is 0.188. The van der Waals surface area contributed by atoms with Crippen LogP contribution in [-0.2, 0) is 5.54 Å². The van der Waals surface area contributed by atoms with Crippen molar-refractivity contribution in [2.24, 2.45) is 5.73 Å². The molecule has 0 saturated carbocycles. The van der Waals surface area contributed by atoms with Crippen molar-refractivity contribution >= 4 is 15.9 Å². The van der Waals surface area contributed by atoms with Crippen molar-refractivity contribution in [2.45, 2.75) is 18.9 Å². The van der Waals surface area contributed by atoms with Gasteiger partial charge in [-0.3, -0.25) is 0 Å². The van der Waals surface area contributed by atoms with Crippen LogP contribution in [0.15, 0.2) is 22.7 Å². The summed E-state index contributed by atoms with van der Waals surface area (Å²) in [6.07, 6.45) is 0.490. The van der Waals surface area contributed by atoms with Crippen molar-refractivity contribution in [1.82, 2.24) is 0 Å². The Kier molecular flexibility index (Phi) is 3.53. The van der Waals surface area contributed by atoms with Crippen molar-refractivity contribution in [3.05, 3.63) is 28.2 Å². The second-order valence-electron chi connectivity index (χ2n) is 3.56. The van der Waals surface area contributed by atoms with E-state index in [-0.39, 0.29) is 12.4 Å². The second-order valence-corrected chi connectivity index (χ2v) is 4.41. The van der Waals surface area contributed by atoms with Gasteiger partial charge in [0, 0.05) is 12.1 Å². The van der Waals surface area contributed by atoms with Gasteiger partial charge in [-0.15, -0.1) is 0 Å². The lowest BCUT2D eigenvalue weighted by atomic mass is 9.90. The smallest absolute Gasteiger partial charge is 0.129 e. The Labute approximate surface area is 91.7 Å². The minimum Gasteiger partial charge on any atom is -0.507 e. The summed E-state index contributed by atoms with van der Waals surface area (Å²) in [6.45, 7) is 1.90. The normalized spacial score (nSPS) is 15.1. The van der Waals surface area contributed by atoms with Gasteiger partial charge in [-0.1, -0.05) is 6.07 Å². The fraction of sp³-hybridized carbons (Fsp3) is 0.400. The van der Waals surface area contributed by atoms with E-state index >= 15 is 0 Å². The van der Waals surface area contributed by atoms with Gasteiger partial charge in [-0.2, -0.15) is 0 Å². The molecule has 0 unspecified atom stereocenters. The lowest BCUT2D eigenvalue weighted by Crippen LogP contribution is -2.33. The van der Waals surface area contributed by atoms with Crippen molar-refractivity contribution in [2.75, 3.05) is 6.61 Å². The maximum Gasteiger partial charge on any atom is 0.129 e. The molecule has 3 nitrogen and oxygen atoms in total. The molecule has 0 amide bonds. The average Bonchev–Trinajstić information content (AvgIpc) is 2.09. The van der Waals surface area contributed by atoms with Crippen LogP contribution in [0.3, 0.4) is 0 Å². The first-order valence-corrected chi connectivity index (χ1v) is 5.15. The lowest BCUT2D eigenvalue weighted by molar-refractivity contribution is 0.247. The van der Waals surface area contributed by atoms with Gasteiger partial charge in [0.1, 0.15) is 5.75 Å². The third-order valence-electron chi connectivity index (χ3n) is 2.24. The van der Waals surface area contributed by atoms with Crippen LogP contribution in [0.4, 0.5) is 0 Å². The number of hydrogen-bond donors (Lipinski definition) is 3. The molecule has 0 aromatic heterocycles. The first-order chi connectivity index (χ1) is 6.47. The van der Waals surface area contributed by atoms with Gasteiger partial charge in [-0.25, -0.2) is 0 Å². The molecule has 4 heteroatoms. The van der Waals surface area contributed by atoms with Crippen LogP contribution in [-0.4, -0.2) is 16.8 Å². The molecule has 0 aliphatic heterocycles. The van der Waals surface area contributed by atoms with Crippen molar-refractivity contribution < 1.29 is 10.2 Å². The number of rotatable bonds is 3. The van der Waals surface area contributed by atoms with E-state index in [0.29, 0.717) is 10.9 Å². The van der Waals surface area contributed by atoms with Gasteiger partial charge in [0.05, 0.1) is 4.47 Å². The van der Waals surface area contributed by atoms with Crippen LogP contribution in [0.1, 0.15) is 18.9 Å². The monoisotopic (exact) mass is 259 g/mol. The molecule has 1 aromatic carbocycles. The molecule has 78 valence electrons. The Bertz CT molecular complexity index is 326. The molecule has 0 bridgehead atoms. The maximum absolute atomic E-state index is 9.30. The average molecular weight is 260 g/mol.